The van der Waals surface area contributed by atoms with Crippen molar-refractivity contribution in [2.45, 2.75) is 82.8 Å². The zero-order valence-corrected chi connectivity index (χ0v) is 20.2. The number of nitrogens with one attached hydrogen (secondary N) is 1. The third-order valence-electron chi connectivity index (χ3n) is 6.68. The number of nitrogens with zero attached hydrogens (tertiary/aromatic N) is 4. The van der Waals surface area contributed by atoms with Gasteiger partial charge in [0, 0.05) is 38.6 Å². The van der Waals surface area contributed by atoms with E-state index in [0.29, 0.717) is 19.8 Å². The molecule has 4 rings (SSSR count). The first-order valence-electron chi connectivity index (χ1n) is 12.5. The normalized spacial score (nSPS) is 26.0. The molecule has 0 aliphatic carbocycles. The maximum absolute atomic E-state index is 12.8. The molecule has 10 nitrogen and oxygen atoms in total. The molecule has 0 radical (unpaired) electrons. The number of anilines is 1. The lowest BCUT2D eigenvalue weighted by Crippen LogP contribution is -2.60. The van der Waals surface area contributed by atoms with E-state index in [1.807, 2.05) is 19.9 Å². The van der Waals surface area contributed by atoms with Crippen LogP contribution in [0, 0.1) is 0 Å². The monoisotopic (exact) mass is 475 g/mol. The number of carbonyl (C=O) groups is 2. The van der Waals surface area contributed by atoms with Crippen LogP contribution in [0.1, 0.15) is 52.4 Å². The fraction of sp³-hybridized carbons (Fsp3) is 0.750. The first kappa shape index (κ1) is 24.7. The number of carbonyl (C=O) groups excluding carboxylic acids is 2. The average molecular weight is 476 g/mol. The summed E-state index contributed by atoms with van der Waals surface area (Å²) in [5, 5.41) is 3.15. The summed E-state index contributed by atoms with van der Waals surface area (Å²) in [6, 6.07) is 1.34. The SMILES string of the molecule is CC(C)OC(=O)N1CCC[C@H](NC(=O)[C@@H]2CCCO2)[C@@H]1COC1CCN(c2ncccn2)CC1. The average Bonchev–Trinajstić information content (AvgIpc) is 3.39. The lowest BCUT2D eigenvalue weighted by atomic mass is 9.96. The van der Waals surface area contributed by atoms with Crippen LogP contribution in [0.15, 0.2) is 18.5 Å². The Morgan fingerprint density at radius 3 is 2.56 bits per heavy atom. The molecule has 0 aromatic carbocycles. The third-order valence-corrected chi connectivity index (χ3v) is 6.68. The third kappa shape index (κ3) is 6.35. The Labute approximate surface area is 201 Å². The smallest absolute Gasteiger partial charge is 0.410 e. The Balaban J connectivity index is 1.36. The first-order chi connectivity index (χ1) is 16.5. The molecule has 3 atom stereocenters. The summed E-state index contributed by atoms with van der Waals surface area (Å²) in [4.78, 5) is 38.2. The largest absolute Gasteiger partial charge is 0.447 e. The van der Waals surface area contributed by atoms with Gasteiger partial charge < -0.3 is 29.3 Å². The Bertz CT molecular complexity index is 796. The molecule has 0 unspecified atom stereocenters. The van der Waals surface area contributed by atoms with Crippen LogP contribution in [0.3, 0.4) is 0 Å². The predicted molar refractivity (Wildman–Crippen MR) is 125 cm³/mol. The summed E-state index contributed by atoms with van der Waals surface area (Å²) in [6.45, 7) is 6.89. The Morgan fingerprint density at radius 1 is 1.12 bits per heavy atom. The van der Waals surface area contributed by atoms with Gasteiger partial charge in [0.15, 0.2) is 0 Å². The van der Waals surface area contributed by atoms with Crippen molar-refractivity contribution >= 4 is 17.9 Å². The molecule has 0 spiro atoms. The maximum Gasteiger partial charge on any atom is 0.410 e. The van der Waals surface area contributed by atoms with E-state index in [9.17, 15) is 9.59 Å². The summed E-state index contributed by atoms with van der Waals surface area (Å²) >= 11 is 0. The van der Waals surface area contributed by atoms with E-state index in [2.05, 4.69) is 20.2 Å². The summed E-state index contributed by atoms with van der Waals surface area (Å²) in [6.07, 6.45) is 7.57. The topological polar surface area (TPSA) is 106 Å². The Morgan fingerprint density at radius 2 is 1.88 bits per heavy atom. The van der Waals surface area contributed by atoms with Crippen LogP contribution < -0.4 is 10.2 Å². The van der Waals surface area contributed by atoms with Gasteiger partial charge in [0.25, 0.3) is 0 Å². The maximum atomic E-state index is 12.8. The van der Waals surface area contributed by atoms with Gasteiger partial charge in [-0.15, -0.1) is 0 Å². The highest BCUT2D eigenvalue weighted by Gasteiger charge is 2.38. The van der Waals surface area contributed by atoms with Gasteiger partial charge in [-0.2, -0.15) is 0 Å². The second-order valence-corrected chi connectivity index (χ2v) is 9.52. The molecule has 1 aromatic rings. The van der Waals surface area contributed by atoms with Crippen molar-refractivity contribution in [1.29, 1.82) is 0 Å². The minimum absolute atomic E-state index is 0.0828. The zero-order valence-electron chi connectivity index (χ0n) is 20.2. The first-order valence-corrected chi connectivity index (χ1v) is 12.5. The van der Waals surface area contributed by atoms with E-state index < -0.39 is 6.10 Å². The van der Waals surface area contributed by atoms with E-state index >= 15 is 0 Å². The van der Waals surface area contributed by atoms with Crippen molar-refractivity contribution in [3.05, 3.63) is 18.5 Å². The number of likely N-dealkylation sites (tertiary alicyclic amines) is 1. The second-order valence-electron chi connectivity index (χ2n) is 9.52. The molecule has 3 aliphatic rings. The zero-order chi connectivity index (χ0) is 23.9. The van der Waals surface area contributed by atoms with Crippen LogP contribution in [0.25, 0.3) is 0 Å². The molecule has 1 N–H and O–H groups in total. The predicted octanol–water partition coefficient (Wildman–Crippen LogP) is 2.14. The van der Waals surface area contributed by atoms with Crippen molar-refractivity contribution in [2.75, 3.05) is 37.7 Å². The second kappa shape index (κ2) is 11.8. The van der Waals surface area contributed by atoms with Crippen molar-refractivity contribution < 1.29 is 23.8 Å². The molecule has 34 heavy (non-hydrogen) atoms. The van der Waals surface area contributed by atoms with Gasteiger partial charge in [-0.1, -0.05) is 0 Å². The number of rotatable bonds is 7. The van der Waals surface area contributed by atoms with Gasteiger partial charge in [0.1, 0.15) is 6.10 Å². The number of ether oxygens (including phenoxy) is 3. The lowest BCUT2D eigenvalue weighted by molar-refractivity contribution is -0.132. The van der Waals surface area contributed by atoms with E-state index in [-0.39, 0.29) is 36.3 Å². The Hall–Kier alpha value is -2.46. The highest BCUT2D eigenvalue weighted by atomic mass is 16.6. The van der Waals surface area contributed by atoms with Gasteiger partial charge in [0.05, 0.1) is 30.9 Å². The molecule has 2 amide bonds. The number of hydrogen-bond acceptors (Lipinski definition) is 8. The van der Waals surface area contributed by atoms with Gasteiger partial charge in [-0.25, -0.2) is 14.8 Å². The standard InChI is InChI=1S/C24H37N5O5/c1-17(2)34-24(31)29-12-3-6-19(27-22(30)21-7-4-15-32-21)20(29)16-33-18-8-13-28(14-9-18)23-25-10-5-11-26-23/h5,10-11,17-21H,3-4,6-9,12-16H2,1-2H3,(H,27,30)/t19-,20-,21-/m0/s1. The quantitative estimate of drug-likeness (QED) is 0.639. The van der Waals surface area contributed by atoms with Crippen LogP contribution in [0.2, 0.25) is 0 Å². The van der Waals surface area contributed by atoms with Crippen LogP contribution in [-0.4, -0.2) is 90.1 Å². The molecule has 0 bridgehead atoms. The van der Waals surface area contributed by atoms with E-state index in [0.717, 1.165) is 57.6 Å². The number of aromatic nitrogens is 2. The Kier molecular flexibility index (Phi) is 8.55. The molecule has 1 aromatic heterocycles. The van der Waals surface area contributed by atoms with Crippen molar-refractivity contribution in [3.8, 4) is 0 Å². The van der Waals surface area contributed by atoms with Crippen LogP contribution in [0.5, 0.6) is 0 Å². The lowest BCUT2D eigenvalue weighted by Gasteiger charge is -2.42. The van der Waals surface area contributed by atoms with Gasteiger partial charge in [-0.3, -0.25) is 4.79 Å². The van der Waals surface area contributed by atoms with Gasteiger partial charge in [0.2, 0.25) is 11.9 Å². The van der Waals surface area contributed by atoms with Crippen molar-refractivity contribution in [1.82, 2.24) is 20.2 Å². The highest BCUT2D eigenvalue weighted by Crippen LogP contribution is 2.24. The summed E-state index contributed by atoms with van der Waals surface area (Å²) in [5.74, 6) is 0.649. The van der Waals surface area contributed by atoms with Crippen LogP contribution in [-0.2, 0) is 19.0 Å². The van der Waals surface area contributed by atoms with E-state index in [1.165, 1.54) is 0 Å². The van der Waals surface area contributed by atoms with Gasteiger partial charge >= 0.3 is 6.09 Å². The minimum Gasteiger partial charge on any atom is -0.447 e. The van der Waals surface area contributed by atoms with Crippen molar-refractivity contribution in [3.63, 3.8) is 0 Å². The molecular weight excluding hydrogens is 438 g/mol. The molecule has 0 saturated carbocycles. The number of amides is 2. The minimum atomic E-state index is -0.399. The van der Waals surface area contributed by atoms with Crippen molar-refractivity contribution in [2.24, 2.45) is 0 Å². The fourth-order valence-corrected chi connectivity index (χ4v) is 4.90. The van der Waals surface area contributed by atoms with Gasteiger partial charge in [-0.05, 0) is 58.4 Å². The summed E-state index contributed by atoms with van der Waals surface area (Å²) < 4.78 is 17.4. The molecule has 188 valence electrons. The molecule has 4 heterocycles. The van der Waals surface area contributed by atoms with E-state index in [1.54, 1.807) is 17.3 Å². The van der Waals surface area contributed by atoms with Crippen LogP contribution in [0.4, 0.5) is 10.7 Å². The molecule has 3 saturated heterocycles. The van der Waals surface area contributed by atoms with Crippen LogP contribution >= 0.6 is 0 Å². The number of hydrogen-bond donors (Lipinski definition) is 1. The molecular formula is C24H37N5O5. The summed E-state index contributed by atoms with van der Waals surface area (Å²) in [5.41, 5.74) is 0. The highest BCUT2D eigenvalue weighted by molar-refractivity contribution is 5.81. The number of piperidine rings is 2. The molecule has 10 heteroatoms. The molecule has 3 aliphatic heterocycles. The molecule has 3 fully saturated rings. The summed E-state index contributed by atoms with van der Waals surface area (Å²) in [7, 11) is 0. The van der Waals surface area contributed by atoms with E-state index in [4.69, 9.17) is 14.2 Å². The fourth-order valence-electron chi connectivity index (χ4n) is 4.90.